The van der Waals surface area contributed by atoms with Gasteiger partial charge < -0.3 is 4.74 Å². The van der Waals surface area contributed by atoms with Crippen molar-refractivity contribution in [2.45, 2.75) is 19.8 Å². The van der Waals surface area contributed by atoms with E-state index in [-0.39, 0.29) is 12.4 Å². The number of hydrogen-bond acceptors (Lipinski definition) is 4. The highest BCUT2D eigenvalue weighted by molar-refractivity contribution is 7.86. The lowest BCUT2D eigenvalue weighted by molar-refractivity contribution is 0.144. The van der Waals surface area contributed by atoms with Crippen LogP contribution in [0.5, 0.6) is 0 Å². The summed E-state index contributed by atoms with van der Waals surface area (Å²) in [6, 6.07) is 0. The highest BCUT2D eigenvalue weighted by Crippen LogP contribution is 1.99. The normalized spacial score (nSPS) is 11.1. The Bertz CT molecular complexity index is 263. The molecule has 0 aromatic carbocycles. The molecule has 0 rings (SSSR count). The molecule has 0 saturated heterocycles. The first kappa shape index (κ1) is 13.4. The lowest BCUT2D eigenvalue weighted by Gasteiger charge is -2.02. The van der Waals surface area contributed by atoms with Gasteiger partial charge in [0.25, 0.3) is 10.1 Å². The molecule has 0 heterocycles. The van der Waals surface area contributed by atoms with Gasteiger partial charge in [-0.15, -0.1) is 6.42 Å². The first-order valence-corrected chi connectivity index (χ1v) is 6.08. The van der Waals surface area contributed by atoms with E-state index >= 15 is 0 Å². The third kappa shape index (κ3) is 8.05. The molecular formula is C9H16O4S. The third-order valence-electron chi connectivity index (χ3n) is 1.46. The van der Waals surface area contributed by atoms with Gasteiger partial charge in [-0.05, 0) is 19.8 Å². The molecule has 0 fully saturated rings. The van der Waals surface area contributed by atoms with E-state index in [4.69, 9.17) is 11.2 Å². The lowest BCUT2D eigenvalue weighted by Crippen LogP contribution is -2.11. The van der Waals surface area contributed by atoms with Crippen LogP contribution in [0.3, 0.4) is 0 Å². The van der Waals surface area contributed by atoms with Gasteiger partial charge in [0.15, 0.2) is 0 Å². The van der Waals surface area contributed by atoms with Crippen molar-refractivity contribution >= 4 is 10.1 Å². The van der Waals surface area contributed by atoms with E-state index in [1.807, 2.05) is 6.92 Å². The minimum atomic E-state index is -3.43. The van der Waals surface area contributed by atoms with Crippen molar-refractivity contribution in [3.05, 3.63) is 0 Å². The zero-order valence-electron chi connectivity index (χ0n) is 8.36. The SMILES string of the molecule is C#CCOS(=O)(=O)CCCCOCC. The number of ether oxygens (including phenoxy) is 1. The fourth-order valence-corrected chi connectivity index (χ4v) is 1.73. The number of rotatable bonds is 8. The van der Waals surface area contributed by atoms with Gasteiger partial charge in [0, 0.05) is 13.2 Å². The highest BCUT2D eigenvalue weighted by Gasteiger charge is 2.09. The van der Waals surface area contributed by atoms with Crippen LogP contribution in [0.15, 0.2) is 0 Å². The smallest absolute Gasteiger partial charge is 0.268 e. The van der Waals surface area contributed by atoms with E-state index in [2.05, 4.69) is 10.1 Å². The quantitative estimate of drug-likeness (QED) is 0.344. The Morgan fingerprint density at radius 1 is 1.36 bits per heavy atom. The molecule has 0 aromatic rings. The molecular weight excluding hydrogens is 204 g/mol. The Kier molecular flexibility index (Phi) is 7.48. The summed E-state index contributed by atoms with van der Waals surface area (Å²) >= 11 is 0. The van der Waals surface area contributed by atoms with Gasteiger partial charge in [-0.3, -0.25) is 4.18 Å². The van der Waals surface area contributed by atoms with Gasteiger partial charge in [-0.25, -0.2) is 0 Å². The van der Waals surface area contributed by atoms with Crippen LogP contribution < -0.4 is 0 Å². The van der Waals surface area contributed by atoms with Gasteiger partial charge in [0.1, 0.15) is 6.61 Å². The fraction of sp³-hybridized carbons (Fsp3) is 0.778. The summed E-state index contributed by atoms with van der Waals surface area (Å²) in [5, 5.41) is 0. The molecule has 4 nitrogen and oxygen atoms in total. The molecule has 14 heavy (non-hydrogen) atoms. The van der Waals surface area contributed by atoms with Crippen LogP contribution in [0.25, 0.3) is 0 Å². The minimum Gasteiger partial charge on any atom is -0.382 e. The predicted octanol–water partition coefficient (Wildman–Crippen LogP) is 0.783. The van der Waals surface area contributed by atoms with E-state index in [9.17, 15) is 8.42 Å². The largest absolute Gasteiger partial charge is 0.382 e. The molecule has 0 saturated carbocycles. The van der Waals surface area contributed by atoms with Crippen LogP contribution in [0.1, 0.15) is 19.8 Å². The minimum absolute atomic E-state index is 0.00174. The zero-order chi connectivity index (χ0) is 10.9. The van der Waals surface area contributed by atoms with Gasteiger partial charge in [-0.2, -0.15) is 8.42 Å². The standard InChI is InChI=1S/C9H16O4S/c1-3-7-13-14(10,11)9-6-5-8-12-4-2/h1H,4-9H2,2H3. The first-order valence-electron chi connectivity index (χ1n) is 4.50. The van der Waals surface area contributed by atoms with Crippen molar-refractivity contribution in [3.63, 3.8) is 0 Å². The highest BCUT2D eigenvalue weighted by atomic mass is 32.2. The molecule has 0 aromatic heterocycles. The molecule has 0 aliphatic heterocycles. The van der Waals surface area contributed by atoms with Crippen molar-refractivity contribution in [1.29, 1.82) is 0 Å². The fourth-order valence-electron chi connectivity index (χ4n) is 0.810. The average Bonchev–Trinajstić information content (AvgIpc) is 2.15. The summed E-state index contributed by atoms with van der Waals surface area (Å²) < 4.78 is 31.7. The van der Waals surface area contributed by atoms with Crippen LogP contribution in [0.2, 0.25) is 0 Å². The van der Waals surface area contributed by atoms with Gasteiger partial charge in [0.05, 0.1) is 5.75 Å². The van der Waals surface area contributed by atoms with Crippen LogP contribution in [-0.2, 0) is 19.0 Å². The molecule has 0 unspecified atom stereocenters. The van der Waals surface area contributed by atoms with Gasteiger partial charge in [0.2, 0.25) is 0 Å². The predicted molar refractivity (Wildman–Crippen MR) is 54.3 cm³/mol. The zero-order valence-corrected chi connectivity index (χ0v) is 9.18. The topological polar surface area (TPSA) is 52.6 Å². The molecule has 0 atom stereocenters. The molecule has 5 heteroatoms. The van der Waals surface area contributed by atoms with E-state index in [0.29, 0.717) is 26.1 Å². The maximum Gasteiger partial charge on any atom is 0.268 e. The summed E-state index contributed by atoms with van der Waals surface area (Å²) in [5.74, 6) is 2.11. The van der Waals surface area contributed by atoms with Crippen LogP contribution in [0, 0.1) is 12.3 Å². The second-order valence-electron chi connectivity index (χ2n) is 2.63. The Balaban J connectivity index is 3.52. The first-order chi connectivity index (χ1) is 6.62. The Morgan fingerprint density at radius 3 is 2.64 bits per heavy atom. The Morgan fingerprint density at radius 2 is 2.07 bits per heavy atom. The molecule has 0 aliphatic carbocycles. The van der Waals surface area contributed by atoms with Crippen molar-refractivity contribution in [1.82, 2.24) is 0 Å². The second-order valence-corrected chi connectivity index (χ2v) is 4.39. The molecule has 0 bridgehead atoms. The number of hydrogen-bond donors (Lipinski definition) is 0. The summed E-state index contributed by atoms with van der Waals surface area (Å²) in [7, 11) is -3.43. The number of terminal acetylenes is 1. The monoisotopic (exact) mass is 220 g/mol. The summed E-state index contributed by atoms with van der Waals surface area (Å²) in [4.78, 5) is 0. The second kappa shape index (κ2) is 7.80. The summed E-state index contributed by atoms with van der Waals surface area (Å²) in [6.45, 7) is 2.95. The number of unbranched alkanes of at least 4 members (excludes halogenated alkanes) is 1. The third-order valence-corrected chi connectivity index (χ3v) is 2.72. The van der Waals surface area contributed by atoms with Crippen molar-refractivity contribution in [3.8, 4) is 12.3 Å². The molecule has 82 valence electrons. The van der Waals surface area contributed by atoms with Crippen LogP contribution in [0.4, 0.5) is 0 Å². The maximum absolute atomic E-state index is 11.1. The van der Waals surface area contributed by atoms with E-state index in [0.717, 1.165) is 0 Å². The maximum atomic E-state index is 11.1. The summed E-state index contributed by atoms with van der Waals surface area (Å²) in [5.41, 5.74) is 0. The van der Waals surface area contributed by atoms with Gasteiger partial charge >= 0.3 is 0 Å². The molecule has 0 amide bonds. The molecule has 0 radical (unpaired) electrons. The molecule has 0 aliphatic rings. The van der Waals surface area contributed by atoms with E-state index in [1.165, 1.54) is 0 Å². The molecule has 0 spiro atoms. The van der Waals surface area contributed by atoms with Crippen LogP contribution in [-0.4, -0.2) is 34.0 Å². The van der Waals surface area contributed by atoms with Crippen LogP contribution >= 0.6 is 0 Å². The Hall–Kier alpha value is -0.570. The summed E-state index contributed by atoms with van der Waals surface area (Å²) in [6.07, 6.45) is 6.12. The van der Waals surface area contributed by atoms with E-state index in [1.54, 1.807) is 0 Å². The lowest BCUT2D eigenvalue weighted by atomic mass is 10.4. The van der Waals surface area contributed by atoms with Crippen molar-refractivity contribution < 1.29 is 17.3 Å². The Labute approximate surface area is 85.7 Å². The average molecular weight is 220 g/mol. The van der Waals surface area contributed by atoms with Crippen molar-refractivity contribution in [2.24, 2.45) is 0 Å². The van der Waals surface area contributed by atoms with Gasteiger partial charge in [-0.1, -0.05) is 5.92 Å². The van der Waals surface area contributed by atoms with E-state index < -0.39 is 10.1 Å². The van der Waals surface area contributed by atoms with Crippen molar-refractivity contribution in [2.75, 3.05) is 25.6 Å². The molecule has 0 N–H and O–H groups in total.